The Labute approximate surface area is 107 Å². The van der Waals surface area contributed by atoms with Gasteiger partial charge in [-0.05, 0) is 78.3 Å². The van der Waals surface area contributed by atoms with Crippen molar-refractivity contribution in [2.24, 2.45) is 5.92 Å². The fourth-order valence-electron chi connectivity index (χ4n) is 3.16. The number of nitrogens with zero attached hydrogens (tertiary/aromatic N) is 2. The van der Waals surface area contributed by atoms with Crippen molar-refractivity contribution in [3.63, 3.8) is 0 Å². The van der Waals surface area contributed by atoms with Crippen molar-refractivity contribution < 1.29 is 0 Å². The van der Waals surface area contributed by atoms with Crippen LogP contribution in [-0.4, -0.2) is 62.7 Å². The summed E-state index contributed by atoms with van der Waals surface area (Å²) in [6, 6.07) is 0.801. The van der Waals surface area contributed by atoms with Gasteiger partial charge < -0.3 is 15.1 Å². The summed E-state index contributed by atoms with van der Waals surface area (Å²) < 4.78 is 0. The van der Waals surface area contributed by atoms with E-state index in [0.29, 0.717) is 0 Å². The Kier molecular flexibility index (Phi) is 5.26. The van der Waals surface area contributed by atoms with Crippen molar-refractivity contribution in [2.75, 3.05) is 46.8 Å². The fourth-order valence-corrected chi connectivity index (χ4v) is 3.16. The van der Waals surface area contributed by atoms with Gasteiger partial charge in [0, 0.05) is 12.6 Å². The molecule has 0 radical (unpaired) electrons. The number of hydrogen-bond donors (Lipinski definition) is 1. The molecule has 0 aromatic carbocycles. The topological polar surface area (TPSA) is 18.5 Å². The van der Waals surface area contributed by atoms with Crippen LogP contribution in [0.1, 0.15) is 32.1 Å². The minimum absolute atomic E-state index is 0.801. The minimum atomic E-state index is 0.801. The maximum atomic E-state index is 3.58. The van der Waals surface area contributed by atoms with Gasteiger partial charge >= 0.3 is 0 Å². The second-order valence-corrected chi connectivity index (χ2v) is 6.09. The van der Waals surface area contributed by atoms with Crippen LogP contribution in [0.25, 0.3) is 0 Å². The Balaban J connectivity index is 1.52. The van der Waals surface area contributed by atoms with Crippen molar-refractivity contribution in [3.05, 3.63) is 0 Å². The van der Waals surface area contributed by atoms with Gasteiger partial charge in [-0.25, -0.2) is 0 Å². The van der Waals surface area contributed by atoms with E-state index in [-0.39, 0.29) is 0 Å². The van der Waals surface area contributed by atoms with E-state index in [0.717, 1.165) is 12.0 Å². The molecule has 2 saturated heterocycles. The van der Waals surface area contributed by atoms with Crippen LogP contribution in [0.15, 0.2) is 0 Å². The van der Waals surface area contributed by atoms with E-state index in [1.165, 1.54) is 64.8 Å². The smallest absolute Gasteiger partial charge is 0.00797 e. The first-order chi connectivity index (χ1) is 8.24. The van der Waals surface area contributed by atoms with Gasteiger partial charge in [0.15, 0.2) is 0 Å². The van der Waals surface area contributed by atoms with Crippen molar-refractivity contribution in [1.82, 2.24) is 15.1 Å². The van der Waals surface area contributed by atoms with E-state index in [1.54, 1.807) is 0 Å². The third-order valence-corrected chi connectivity index (χ3v) is 4.43. The van der Waals surface area contributed by atoms with E-state index in [2.05, 4.69) is 29.2 Å². The summed E-state index contributed by atoms with van der Waals surface area (Å²) in [5.41, 5.74) is 0. The van der Waals surface area contributed by atoms with E-state index in [4.69, 9.17) is 0 Å². The van der Waals surface area contributed by atoms with Gasteiger partial charge in [0.05, 0.1) is 0 Å². The van der Waals surface area contributed by atoms with Crippen LogP contribution in [-0.2, 0) is 0 Å². The van der Waals surface area contributed by atoms with Gasteiger partial charge in [0.25, 0.3) is 0 Å². The highest BCUT2D eigenvalue weighted by atomic mass is 15.1. The maximum absolute atomic E-state index is 3.58. The lowest BCUT2D eigenvalue weighted by atomic mass is 10.0. The summed E-state index contributed by atoms with van der Waals surface area (Å²) >= 11 is 0. The molecule has 2 heterocycles. The standard InChI is InChI=1S/C14H29N3/c1-16(11-7-14-4-3-8-15-14)9-5-13-6-10-17(2)12-13/h13-15H,3-12H2,1-2H3. The first kappa shape index (κ1) is 13.3. The molecule has 3 nitrogen and oxygen atoms in total. The van der Waals surface area contributed by atoms with Crippen LogP contribution in [0.2, 0.25) is 0 Å². The van der Waals surface area contributed by atoms with E-state index in [1.807, 2.05) is 0 Å². The molecule has 0 aliphatic carbocycles. The van der Waals surface area contributed by atoms with Crippen LogP contribution < -0.4 is 5.32 Å². The first-order valence-electron chi connectivity index (χ1n) is 7.34. The largest absolute Gasteiger partial charge is 0.314 e. The highest BCUT2D eigenvalue weighted by molar-refractivity contribution is 4.76. The van der Waals surface area contributed by atoms with Gasteiger partial charge in [-0.15, -0.1) is 0 Å². The van der Waals surface area contributed by atoms with Gasteiger partial charge in [-0.3, -0.25) is 0 Å². The Hall–Kier alpha value is -0.120. The summed E-state index contributed by atoms with van der Waals surface area (Å²) in [7, 11) is 4.53. The lowest BCUT2D eigenvalue weighted by Gasteiger charge is -2.20. The van der Waals surface area contributed by atoms with Gasteiger partial charge in [-0.2, -0.15) is 0 Å². The molecular weight excluding hydrogens is 210 g/mol. The third-order valence-electron chi connectivity index (χ3n) is 4.43. The SMILES string of the molecule is CN(CCC1CCN(C)C1)CCC1CCCN1. The Morgan fingerprint density at radius 2 is 2.06 bits per heavy atom. The molecule has 0 amide bonds. The van der Waals surface area contributed by atoms with E-state index < -0.39 is 0 Å². The molecule has 0 spiro atoms. The van der Waals surface area contributed by atoms with Crippen molar-refractivity contribution >= 4 is 0 Å². The third kappa shape index (κ3) is 4.57. The first-order valence-corrected chi connectivity index (χ1v) is 7.34. The maximum Gasteiger partial charge on any atom is 0.00797 e. The zero-order valence-electron chi connectivity index (χ0n) is 11.6. The van der Waals surface area contributed by atoms with Gasteiger partial charge in [0.1, 0.15) is 0 Å². The zero-order chi connectivity index (χ0) is 12.1. The van der Waals surface area contributed by atoms with Crippen LogP contribution in [0.3, 0.4) is 0 Å². The molecule has 0 aromatic rings. The lowest BCUT2D eigenvalue weighted by Crippen LogP contribution is -2.29. The molecule has 2 aliphatic heterocycles. The zero-order valence-corrected chi connectivity index (χ0v) is 11.6. The predicted molar refractivity (Wildman–Crippen MR) is 73.4 cm³/mol. The molecular formula is C14H29N3. The summed E-state index contributed by atoms with van der Waals surface area (Å²) in [5, 5.41) is 3.58. The van der Waals surface area contributed by atoms with E-state index >= 15 is 0 Å². The van der Waals surface area contributed by atoms with Crippen LogP contribution in [0, 0.1) is 5.92 Å². The molecule has 17 heavy (non-hydrogen) atoms. The molecule has 2 atom stereocenters. The highest BCUT2D eigenvalue weighted by Crippen LogP contribution is 2.18. The highest BCUT2D eigenvalue weighted by Gasteiger charge is 2.19. The van der Waals surface area contributed by atoms with Crippen molar-refractivity contribution in [2.45, 2.75) is 38.1 Å². The fraction of sp³-hybridized carbons (Fsp3) is 1.00. The van der Waals surface area contributed by atoms with Gasteiger partial charge in [-0.1, -0.05) is 0 Å². The summed E-state index contributed by atoms with van der Waals surface area (Å²) in [6.07, 6.45) is 6.90. The molecule has 2 rings (SSSR count). The van der Waals surface area contributed by atoms with Crippen LogP contribution in [0.5, 0.6) is 0 Å². The van der Waals surface area contributed by atoms with Crippen LogP contribution in [0.4, 0.5) is 0 Å². The lowest BCUT2D eigenvalue weighted by molar-refractivity contribution is 0.283. The molecule has 3 heteroatoms. The number of likely N-dealkylation sites (tertiary alicyclic amines) is 1. The number of rotatable bonds is 6. The summed E-state index contributed by atoms with van der Waals surface area (Å²) in [5.74, 6) is 0.951. The normalized spacial score (nSPS) is 30.5. The average Bonchev–Trinajstić information content (AvgIpc) is 2.95. The van der Waals surface area contributed by atoms with Crippen LogP contribution >= 0.6 is 0 Å². The minimum Gasteiger partial charge on any atom is -0.314 e. The Morgan fingerprint density at radius 1 is 1.24 bits per heavy atom. The van der Waals surface area contributed by atoms with Gasteiger partial charge in [0.2, 0.25) is 0 Å². The average molecular weight is 239 g/mol. The predicted octanol–water partition coefficient (Wildman–Crippen LogP) is 1.40. The quantitative estimate of drug-likeness (QED) is 0.756. The van der Waals surface area contributed by atoms with Crippen molar-refractivity contribution in [1.29, 1.82) is 0 Å². The van der Waals surface area contributed by atoms with E-state index in [9.17, 15) is 0 Å². The molecule has 100 valence electrons. The second kappa shape index (κ2) is 6.72. The number of nitrogens with one attached hydrogen (secondary N) is 1. The Bertz CT molecular complexity index is 214. The monoisotopic (exact) mass is 239 g/mol. The summed E-state index contributed by atoms with van der Waals surface area (Å²) in [4.78, 5) is 4.99. The summed E-state index contributed by atoms with van der Waals surface area (Å²) in [6.45, 7) is 6.41. The molecule has 1 N–H and O–H groups in total. The molecule has 0 bridgehead atoms. The number of hydrogen-bond acceptors (Lipinski definition) is 3. The second-order valence-electron chi connectivity index (χ2n) is 6.09. The molecule has 0 aromatic heterocycles. The molecule has 0 saturated carbocycles. The Morgan fingerprint density at radius 3 is 2.71 bits per heavy atom. The molecule has 2 fully saturated rings. The van der Waals surface area contributed by atoms with Crippen molar-refractivity contribution in [3.8, 4) is 0 Å². The molecule has 2 unspecified atom stereocenters. The molecule has 2 aliphatic rings.